The van der Waals surface area contributed by atoms with Gasteiger partial charge in [-0.25, -0.2) is 8.42 Å². The van der Waals surface area contributed by atoms with E-state index in [1.165, 1.54) is 0 Å². The van der Waals surface area contributed by atoms with Gasteiger partial charge in [-0.1, -0.05) is 18.2 Å². The molecule has 0 saturated carbocycles. The van der Waals surface area contributed by atoms with E-state index in [0.29, 0.717) is 12.2 Å². The Morgan fingerprint density at radius 1 is 1.21 bits per heavy atom. The highest BCUT2D eigenvalue weighted by atomic mass is 32.2. The van der Waals surface area contributed by atoms with Crippen LogP contribution in [-0.4, -0.2) is 35.9 Å². The second-order valence-electron chi connectivity index (χ2n) is 4.93. The maximum Gasteiger partial charge on any atom is 0.323 e. The lowest BCUT2D eigenvalue weighted by molar-refractivity contribution is -0.137. The van der Waals surface area contributed by atoms with Crippen molar-refractivity contribution in [3.63, 3.8) is 0 Å². The molecule has 0 atom stereocenters. The van der Waals surface area contributed by atoms with E-state index in [-0.39, 0.29) is 6.54 Å². The summed E-state index contributed by atoms with van der Waals surface area (Å²) in [5, 5.41) is 9.02. The summed E-state index contributed by atoms with van der Waals surface area (Å²) in [4.78, 5) is 16.8. The van der Waals surface area contributed by atoms with Gasteiger partial charge < -0.3 is 10.0 Å². The monoisotopic (exact) mass is 347 g/mol. The number of hydrogen-bond acceptors (Lipinski definition) is 5. The zero-order valence-electron chi connectivity index (χ0n) is 12.7. The zero-order chi connectivity index (χ0) is 17.4. The lowest BCUT2D eigenvalue weighted by Gasteiger charge is -2.17. The van der Waals surface area contributed by atoms with Crippen molar-refractivity contribution in [2.75, 3.05) is 11.3 Å². The Hall–Kier alpha value is -2.87. The SMILES string of the molecule is O=C(O)CN(C=Cc1ccc(N[SH](=O)=O)cc1)Cc1ccccn1. The number of carboxylic acids is 1. The third kappa shape index (κ3) is 6.09. The predicted octanol–water partition coefficient (Wildman–Crippen LogP) is 1.58. The molecule has 7 nitrogen and oxygen atoms in total. The van der Waals surface area contributed by atoms with E-state index in [1.807, 2.05) is 12.1 Å². The van der Waals surface area contributed by atoms with Crippen LogP contribution in [0.25, 0.3) is 6.08 Å². The lowest BCUT2D eigenvalue weighted by Crippen LogP contribution is -2.24. The molecule has 126 valence electrons. The molecule has 0 radical (unpaired) electrons. The van der Waals surface area contributed by atoms with Gasteiger partial charge in [-0.3, -0.25) is 14.5 Å². The van der Waals surface area contributed by atoms with Gasteiger partial charge in [0.2, 0.25) is 10.9 Å². The minimum absolute atomic E-state index is 0.149. The highest BCUT2D eigenvalue weighted by molar-refractivity contribution is 7.73. The second kappa shape index (κ2) is 8.68. The van der Waals surface area contributed by atoms with Gasteiger partial charge in [-0.15, -0.1) is 0 Å². The standard InChI is InChI=1S/C16H17N3O4S/c20-16(21)12-19(11-15-3-1-2-9-17-15)10-8-13-4-6-14(7-5-13)18-24(22)23/h1-10,24H,11-12H2,(H,20,21)(H,18,22,23). The van der Waals surface area contributed by atoms with Gasteiger partial charge in [-0.2, -0.15) is 0 Å². The van der Waals surface area contributed by atoms with Crippen LogP contribution in [0.3, 0.4) is 0 Å². The van der Waals surface area contributed by atoms with Crippen LogP contribution in [0.5, 0.6) is 0 Å². The Kier molecular flexibility index (Phi) is 6.32. The first kappa shape index (κ1) is 17.5. The number of hydrogen-bond donors (Lipinski definition) is 3. The molecule has 2 aromatic rings. The molecule has 0 unspecified atom stereocenters. The molecule has 0 aliphatic heterocycles. The predicted molar refractivity (Wildman–Crippen MR) is 91.7 cm³/mol. The maximum absolute atomic E-state index is 11.0. The first-order valence-corrected chi connectivity index (χ1v) is 8.26. The molecule has 0 spiro atoms. The number of thiol groups is 1. The van der Waals surface area contributed by atoms with Crippen molar-refractivity contribution in [3.05, 3.63) is 66.1 Å². The lowest BCUT2D eigenvalue weighted by atomic mass is 10.2. The van der Waals surface area contributed by atoms with Gasteiger partial charge >= 0.3 is 5.97 Å². The van der Waals surface area contributed by atoms with Crippen LogP contribution < -0.4 is 4.72 Å². The zero-order valence-corrected chi connectivity index (χ0v) is 13.6. The van der Waals surface area contributed by atoms with Gasteiger partial charge in [0.1, 0.15) is 6.54 Å². The van der Waals surface area contributed by atoms with Crippen molar-refractivity contribution < 1.29 is 18.3 Å². The number of rotatable bonds is 8. The van der Waals surface area contributed by atoms with E-state index in [1.54, 1.807) is 53.7 Å². The van der Waals surface area contributed by atoms with E-state index in [2.05, 4.69) is 9.71 Å². The van der Waals surface area contributed by atoms with Gasteiger partial charge in [0.25, 0.3) is 0 Å². The van der Waals surface area contributed by atoms with Crippen molar-refractivity contribution in [2.45, 2.75) is 6.54 Å². The van der Waals surface area contributed by atoms with Gasteiger partial charge in [0, 0.05) is 18.1 Å². The van der Waals surface area contributed by atoms with E-state index >= 15 is 0 Å². The van der Waals surface area contributed by atoms with Crippen molar-refractivity contribution in [1.29, 1.82) is 0 Å². The largest absolute Gasteiger partial charge is 0.480 e. The summed E-state index contributed by atoms with van der Waals surface area (Å²) in [7, 11) is -2.69. The minimum Gasteiger partial charge on any atom is -0.480 e. The molecular formula is C16H17N3O4S. The summed E-state index contributed by atoms with van der Waals surface area (Å²) in [5.41, 5.74) is 2.06. The third-order valence-electron chi connectivity index (χ3n) is 3.04. The molecule has 0 saturated heterocycles. The minimum atomic E-state index is -2.69. The number of anilines is 1. The summed E-state index contributed by atoms with van der Waals surface area (Å²) >= 11 is 0. The summed E-state index contributed by atoms with van der Waals surface area (Å²) in [5.74, 6) is -0.936. The fourth-order valence-corrected chi connectivity index (χ4v) is 2.36. The van der Waals surface area contributed by atoms with E-state index < -0.39 is 16.9 Å². The van der Waals surface area contributed by atoms with Crippen LogP contribution >= 0.6 is 0 Å². The first-order valence-electron chi connectivity index (χ1n) is 7.08. The van der Waals surface area contributed by atoms with E-state index in [0.717, 1.165) is 11.3 Å². The van der Waals surface area contributed by atoms with Crippen LogP contribution in [0.1, 0.15) is 11.3 Å². The summed E-state index contributed by atoms with van der Waals surface area (Å²) in [6, 6.07) is 12.2. The molecule has 2 rings (SSSR count). The Morgan fingerprint density at radius 3 is 2.54 bits per heavy atom. The van der Waals surface area contributed by atoms with Crippen molar-refractivity contribution >= 4 is 28.6 Å². The van der Waals surface area contributed by atoms with Crippen molar-refractivity contribution in [3.8, 4) is 0 Å². The Labute approximate surface area is 141 Å². The van der Waals surface area contributed by atoms with Crippen molar-refractivity contribution in [1.82, 2.24) is 9.88 Å². The summed E-state index contributed by atoms with van der Waals surface area (Å²) in [6.45, 7) is 0.226. The molecule has 1 heterocycles. The molecule has 0 aliphatic rings. The van der Waals surface area contributed by atoms with Crippen LogP contribution in [0.4, 0.5) is 5.69 Å². The molecular weight excluding hydrogens is 330 g/mol. The summed E-state index contributed by atoms with van der Waals surface area (Å²) < 4.78 is 23.5. The molecule has 24 heavy (non-hydrogen) atoms. The van der Waals surface area contributed by atoms with Crippen LogP contribution in [0, 0.1) is 0 Å². The fourth-order valence-electron chi connectivity index (χ4n) is 2.00. The number of aliphatic carboxylic acids is 1. The third-order valence-corrected chi connectivity index (χ3v) is 3.48. The molecule has 8 heteroatoms. The normalized spacial score (nSPS) is 10.9. The number of nitrogens with zero attached hydrogens (tertiary/aromatic N) is 2. The molecule has 0 amide bonds. The van der Waals surface area contributed by atoms with Gasteiger partial charge in [0.05, 0.1) is 12.2 Å². The maximum atomic E-state index is 11.0. The number of carboxylic acid groups (broad SMARTS) is 1. The number of pyridine rings is 1. The topological polar surface area (TPSA) is 99.6 Å². The number of carbonyl (C=O) groups is 1. The van der Waals surface area contributed by atoms with E-state index in [9.17, 15) is 13.2 Å². The summed E-state index contributed by atoms with van der Waals surface area (Å²) in [6.07, 6.45) is 5.09. The van der Waals surface area contributed by atoms with E-state index in [4.69, 9.17) is 5.11 Å². The Balaban J connectivity index is 2.07. The number of benzene rings is 1. The second-order valence-corrected chi connectivity index (χ2v) is 5.66. The molecule has 2 N–H and O–H groups in total. The Morgan fingerprint density at radius 2 is 1.96 bits per heavy atom. The first-order chi connectivity index (χ1) is 11.5. The Bertz CT molecular complexity index is 766. The fraction of sp³-hybridized carbons (Fsp3) is 0.125. The van der Waals surface area contributed by atoms with Gasteiger partial charge in [0.15, 0.2) is 0 Å². The molecule has 0 bridgehead atoms. The van der Waals surface area contributed by atoms with Crippen LogP contribution in [0.15, 0.2) is 54.9 Å². The number of aromatic nitrogens is 1. The average Bonchev–Trinajstić information content (AvgIpc) is 2.54. The smallest absolute Gasteiger partial charge is 0.323 e. The van der Waals surface area contributed by atoms with Gasteiger partial charge in [-0.05, 0) is 35.9 Å². The molecule has 0 fully saturated rings. The molecule has 1 aromatic heterocycles. The quantitative estimate of drug-likeness (QED) is 0.627. The van der Waals surface area contributed by atoms with Crippen molar-refractivity contribution in [2.24, 2.45) is 0 Å². The highest BCUT2D eigenvalue weighted by Crippen LogP contribution is 2.11. The molecule has 1 aromatic carbocycles. The van der Waals surface area contributed by atoms with Crippen LogP contribution in [0.2, 0.25) is 0 Å². The highest BCUT2D eigenvalue weighted by Gasteiger charge is 2.06. The average molecular weight is 347 g/mol. The molecule has 0 aliphatic carbocycles. The number of nitrogens with one attached hydrogen (secondary N) is 1. The van der Waals surface area contributed by atoms with Crippen LogP contribution in [-0.2, 0) is 22.2 Å².